The van der Waals surface area contributed by atoms with Crippen LogP contribution in [0.4, 0.5) is 0 Å². The Kier molecular flexibility index (Phi) is 3.00. The van der Waals surface area contributed by atoms with Gasteiger partial charge in [-0.25, -0.2) is 0 Å². The third-order valence-electron chi connectivity index (χ3n) is 4.52. The maximum Gasteiger partial charge on any atom is 0.143 e. The van der Waals surface area contributed by atoms with E-state index in [0.717, 1.165) is 26.4 Å². The highest BCUT2D eigenvalue weighted by Crippen LogP contribution is 2.36. The molecule has 0 fully saturated rings. The van der Waals surface area contributed by atoms with Crippen LogP contribution in [0.15, 0.2) is 87.8 Å². The zero-order chi connectivity index (χ0) is 16.1. The van der Waals surface area contributed by atoms with E-state index in [2.05, 4.69) is 88.7 Å². The van der Waals surface area contributed by atoms with Crippen molar-refractivity contribution >= 4 is 48.6 Å². The van der Waals surface area contributed by atoms with Gasteiger partial charge in [0.05, 0.1) is 0 Å². The van der Waals surface area contributed by atoms with E-state index in [-0.39, 0.29) is 0 Å². The Hall–Kier alpha value is -2.58. The van der Waals surface area contributed by atoms with Crippen molar-refractivity contribution in [1.82, 2.24) is 0 Å². The standard InChI is InChI=1S/C22H13BrO/c23-17-6-3-5-15(12-17)16-9-11-21-20(13-16)19-10-8-14-4-1-2-7-18(14)22(19)24-21/h1-13H. The van der Waals surface area contributed by atoms with Gasteiger partial charge in [-0.3, -0.25) is 0 Å². The molecule has 0 bridgehead atoms. The Morgan fingerprint density at radius 2 is 1.50 bits per heavy atom. The van der Waals surface area contributed by atoms with Crippen molar-refractivity contribution in [2.75, 3.05) is 0 Å². The zero-order valence-electron chi connectivity index (χ0n) is 12.8. The molecule has 2 heteroatoms. The molecular formula is C22H13BrO. The van der Waals surface area contributed by atoms with Gasteiger partial charge in [0.1, 0.15) is 11.2 Å². The summed E-state index contributed by atoms with van der Waals surface area (Å²) in [5, 5.41) is 4.69. The van der Waals surface area contributed by atoms with Crippen LogP contribution in [0.1, 0.15) is 0 Å². The summed E-state index contributed by atoms with van der Waals surface area (Å²) >= 11 is 3.55. The van der Waals surface area contributed by atoms with Crippen LogP contribution in [0, 0.1) is 0 Å². The van der Waals surface area contributed by atoms with Gasteiger partial charge in [0, 0.05) is 20.6 Å². The molecule has 0 radical (unpaired) electrons. The Balaban J connectivity index is 1.83. The lowest BCUT2D eigenvalue weighted by molar-refractivity contribution is 0.672. The first-order chi connectivity index (χ1) is 11.8. The predicted octanol–water partition coefficient (Wildman–Crippen LogP) is 7.17. The number of benzene rings is 4. The summed E-state index contributed by atoms with van der Waals surface area (Å²) < 4.78 is 7.26. The molecule has 4 aromatic carbocycles. The highest BCUT2D eigenvalue weighted by atomic mass is 79.9. The molecule has 0 aliphatic carbocycles. The molecule has 5 rings (SSSR count). The van der Waals surface area contributed by atoms with Crippen molar-refractivity contribution in [2.24, 2.45) is 0 Å². The lowest BCUT2D eigenvalue weighted by Crippen LogP contribution is -1.78. The van der Waals surface area contributed by atoms with Crippen molar-refractivity contribution in [3.8, 4) is 11.1 Å². The SMILES string of the molecule is Brc1cccc(-c2ccc3oc4c5ccccc5ccc4c3c2)c1. The number of fused-ring (bicyclic) bond motifs is 5. The van der Waals surface area contributed by atoms with Gasteiger partial charge < -0.3 is 4.42 Å². The normalized spacial score (nSPS) is 11.5. The Morgan fingerprint density at radius 3 is 2.42 bits per heavy atom. The van der Waals surface area contributed by atoms with Gasteiger partial charge in [-0.2, -0.15) is 0 Å². The lowest BCUT2D eigenvalue weighted by Gasteiger charge is -2.02. The second-order valence-corrected chi connectivity index (χ2v) is 6.90. The third kappa shape index (κ3) is 2.07. The zero-order valence-corrected chi connectivity index (χ0v) is 14.4. The molecule has 1 heterocycles. The van der Waals surface area contributed by atoms with Crippen molar-refractivity contribution in [1.29, 1.82) is 0 Å². The second-order valence-electron chi connectivity index (χ2n) is 5.99. The fourth-order valence-electron chi connectivity index (χ4n) is 3.35. The first-order valence-electron chi connectivity index (χ1n) is 7.89. The van der Waals surface area contributed by atoms with E-state index < -0.39 is 0 Å². The maximum absolute atomic E-state index is 6.17. The van der Waals surface area contributed by atoms with Crippen LogP contribution in [0.5, 0.6) is 0 Å². The number of hydrogen-bond acceptors (Lipinski definition) is 1. The largest absolute Gasteiger partial charge is 0.455 e. The Labute approximate surface area is 147 Å². The summed E-state index contributed by atoms with van der Waals surface area (Å²) in [5.74, 6) is 0. The molecule has 1 nitrogen and oxygen atoms in total. The van der Waals surface area contributed by atoms with E-state index in [9.17, 15) is 0 Å². The van der Waals surface area contributed by atoms with E-state index in [1.165, 1.54) is 21.9 Å². The minimum absolute atomic E-state index is 0.931. The third-order valence-corrected chi connectivity index (χ3v) is 5.01. The van der Waals surface area contributed by atoms with Gasteiger partial charge in [-0.15, -0.1) is 0 Å². The summed E-state index contributed by atoms with van der Waals surface area (Å²) in [4.78, 5) is 0. The smallest absolute Gasteiger partial charge is 0.143 e. The minimum Gasteiger partial charge on any atom is -0.455 e. The molecule has 114 valence electrons. The van der Waals surface area contributed by atoms with Crippen molar-refractivity contribution < 1.29 is 4.42 Å². The van der Waals surface area contributed by atoms with Crippen LogP contribution >= 0.6 is 15.9 Å². The Bertz CT molecular complexity index is 1220. The molecule has 24 heavy (non-hydrogen) atoms. The highest BCUT2D eigenvalue weighted by molar-refractivity contribution is 9.10. The fraction of sp³-hybridized carbons (Fsp3) is 0. The van der Waals surface area contributed by atoms with E-state index in [1.807, 2.05) is 6.07 Å². The van der Waals surface area contributed by atoms with E-state index in [0.29, 0.717) is 0 Å². The number of rotatable bonds is 1. The summed E-state index contributed by atoms with van der Waals surface area (Å²) in [6.07, 6.45) is 0. The molecule has 0 aliphatic heterocycles. The molecule has 0 saturated heterocycles. The summed E-state index contributed by atoms with van der Waals surface area (Å²) in [5.41, 5.74) is 4.29. The monoisotopic (exact) mass is 372 g/mol. The van der Waals surface area contributed by atoms with Crippen molar-refractivity contribution in [3.05, 3.63) is 83.3 Å². The topological polar surface area (TPSA) is 13.1 Å². The van der Waals surface area contributed by atoms with Gasteiger partial charge in [0.25, 0.3) is 0 Å². The fourth-order valence-corrected chi connectivity index (χ4v) is 3.75. The number of halogens is 1. The first kappa shape index (κ1) is 13.8. The van der Waals surface area contributed by atoms with Gasteiger partial charge >= 0.3 is 0 Å². The van der Waals surface area contributed by atoms with Crippen LogP contribution < -0.4 is 0 Å². The summed E-state index contributed by atoms with van der Waals surface area (Å²) in [6, 6.07) is 27.5. The molecule has 0 aliphatic rings. The van der Waals surface area contributed by atoms with Crippen LogP contribution in [0.25, 0.3) is 43.8 Å². The molecule has 0 amide bonds. The molecule has 5 aromatic rings. The predicted molar refractivity (Wildman–Crippen MR) is 104 cm³/mol. The van der Waals surface area contributed by atoms with Gasteiger partial charge in [-0.1, -0.05) is 64.5 Å². The minimum atomic E-state index is 0.931. The molecule has 0 unspecified atom stereocenters. The first-order valence-corrected chi connectivity index (χ1v) is 8.69. The quantitative estimate of drug-likeness (QED) is 0.304. The van der Waals surface area contributed by atoms with Gasteiger partial charge in [0.2, 0.25) is 0 Å². The van der Waals surface area contributed by atoms with E-state index in [4.69, 9.17) is 4.42 Å². The number of hydrogen-bond donors (Lipinski definition) is 0. The molecule has 1 aromatic heterocycles. The molecule has 0 N–H and O–H groups in total. The van der Waals surface area contributed by atoms with Gasteiger partial charge in [0.15, 0.2) is 0 Å². The Morgan fingerprint density at radius 1 is 0.625 bits per heavy atom. The van der Waals surface area contributed by atoms with Crippen molar-refractivity contribution in [2.45, 2.75) is 0 Å². The average Bonchev–Trinajstić information content (AvgIpc) is 3.00. The van der Waals surface area contributed by atoms with E-state index >= 15 is 0 Å². The lowest BCUT2D eigenvalue weighted by atomic mass is 10.0. The van der Waals surface area contributed by atoms with Crippen LogP contribution in [-0.4, -0.2) is 0 Å². The van der Waals surface area contributed by atoms with Gasteiger partial charge in [-0.05, 0) is 46.8 Å². The maximum atomic E-state index is 6.17. The van der Waals surface area contributed by atoms with Crippen LogP contribution in [0.2, 0.25) is 0 Å². The average molecular weight is 373 g/mol. The summed E-state index contributed by atoms with van der Waals surface area (Å²) in [7, 11) is 0. The van der Waals surface area contributed by atoms with Crippen molar-refractivity contribution in [3.63, 3.8) is 0 Å². The van der Waals surface area contributed by atoms with Crippen LogP contribution in [0.3, 0.4) is 0 Å². The molecule has 0 atom stereocenters. The highest BCUT2D eigenvalue weighted by Gasteiger charge is 2.11. The summed E-state index contributed by atoms with van der Waals surface area (Å²) in [6.45, 7) is 0. The van der Waals surface area contributed by atoms with Crippen LogP contribution in [-0.2, 0) is 0 Å². The number of furan rings is 1. The molecule has 0 saturated carbocycles. The molecule has 0 spiro atoms. The molecular weight excluding hydrogens is 360 g/mol. The van der Waals surface area contributed by atoms with E-state index in [1.54, 1.807) is 0 Å². The second kappa shape index (κ2) is 5.22.